The van der Waals surface area contributed by atoms with Crippen molar-refractivity contribution < 1.29 is 0 Å². The van der Waals surface area contributed by atoms with Gasteiger partial charge in [-0.3, -0.25) is 4.68 Å². The standard InChI is InChI=1S/C15H21N3/c1-4-8-16-11-13-5-6-14(12(2)10-13)15-7-9-18(3)17-15/h5-7,9-10,16H,4,8,11H2,1-3H3. The largest absolute Gasteiger partial charge is 0.313 e. The van der Waals surface area contributed by atoms with Crippen molar-refractivity contribution in [2.75, 3.05) is 6.54 Å². The average Bonchev–Trinajstić information content (AvgIpc) is 2.76. The van der Waals surface area contributed by atoms with Crippen LogP contribution in [0.15, 0.2) is 30.5 Å². The number of hydrogen-bond acceptors (Lipinski definition) is 2. The molecule has 1 aromatic heterocycles. The molecule has 3 nitrogen and oxygen atoms in total. The number of rotatable bonds is 5. The van der Waals surface area contributed by atoms with E-state index in [1.807, 2.05) is 17.9 Å². The van der Waals surface area contributed by atoms with Gasteiger partial charge in [0.1, 0.15) is 0 Å². The van der Waals surface area contributed by atoms with E-state index >= 15 is 0 Å². The van der Waals surface area contributed by atoms with Crippen molar-refractivity contribution in [3.8, 4) is 11.3 Å². The van der Waals surface area contributed by atoms with Gasteiger partial charge in [0, 0.05) is 25.4 Å². The minimum Gasteiger partial charge on any atom is -0.313 e. The monoisotopic (exact) mass is 243 g/mol. The van der Waals surface area contributed by atoms with Gasteiger partial charge in [-0.2, -0.15) is 5.10 Å². The predicted molar refractivity (Wildman–Crippen MR) is 75.4 cm³/mol. The van der Waals surface area contributed by atoms with E-state index in [0.717, 1.165) is 18.8 Å². The fraction of sp³-hybridized carbons (Fsp3) is 0.400. The van der Waals surface area contributed by atoms with Crippen molar-refractivity contribution in [3.63, 3.8) is 0 Å². The molecule has 0 bridgehead atoms. The minimum atomic E-state index is 0.942. The van der Waals surface area contributed by atoms with Gasteiger partial charge in [0.25, 0.3) is 0 Å². The quantitative estimate of drug-likeness (QED) is 0.818. The fourth-order valence-electron chi connectivity index (χ4n) is 2.09. The Bertz CT molecular complexity index is 514. The molecule has 0 unspecified atom stereocenters. The second-order valence-corrected chi connectivity index (χ2v) is 4.70. The normalized spacial score (nSPS) is 10.8. The molecule has 0 aliphatic heterocycles. The van der Waals surface area contributed by atoms with Gasteiger partial charge in [0.05, 0.1) is 5.69 Å². The first-order valence-corrected chi connectivity index (χ1v) is 6.51. The summed E-state index contributed by atoms with van der Waals surface area (Å²) in [6.45, 7) is 6.34. The summed E-state index contributed by atoms with van der Waals surface area (Å²) in [4.78, 5) is 0. The molecule has 3 heteroatoms. The molecule has 0 saturated carbocycles. The lowest BCUT2D eigenvalue weighted by molar-refractivity contribution is 0.675. The molecular weight excluding hydrogens is 222 g/mol. The number of aryl methyl sites for hydroxylation is 2. The topological polar surface area (TPSA) is 29.9 Å². The maximum Gasteiger partial charge on any atom is 0.0925 e. The molecule has 96 valence electrons. The summed E-state index contributed by atoms with van der Waals surface area (Å²) < 4.78 is 1.84. The Balaban J connectivity index is 2.15. The SMILES string of the molecule is CCCNCc1ccc(-c2ccn(C)n2)c(C)c1. The molecular formula is C15H21N3. The van der Waals surface area contributed by atoms with Gasteiger partial charge in [-0.05, 0) is 37.1 Å². The van der Waals surface area contributed by atoms with E-state index in [1.165, 1.54) is 23.1 Å². The highest BCUT2D eigenvalue weighted by Crippen LogP contribution is 2.22. The summed E-state index contributed by atoms with van der Waals surface area (Å²) >= 11 is 0. The molecule has 0 spiro atoms. The zero-order valence-corrected chi connectivity index (χ0v) is 11.4. The summed E-state index contributed by atoms with van der Waals surface area (Å²) in [5, 5.41) is 7.87. The fourth-order valence-corrected chi connectivity index (χ4v) is 2.09. The van der Waals surface area contributed by atoms with Crippen LogP contribution in [0.1, 0.15) is 24.5 Å². The summed E-state index contributed by atoms with van der Waals surface area (Å²) in [5.41, 5.74) is 4.88. The molecule has 0 radical (unpaired) electrons. The lowest BCUT2D eigenvalue weighted by atomic mass is 10.0. The Labute approximate surface area is 109 Å². The van der Waals surface area contributed by atoms with Crippen molar-refractivity contribution in [2.45, 2.75) is 26.8 Å². The van der Waals surface area contributed by atoms with Gasteiger partial charge in [0.15, 0.2) is 0 Å². The third kappa shape index (κ3) is 2.99. The molecule has 0 aliphatic rings. The van der Waals surface area contributed by atoms with Crippen LogP contribution < -0.4 is 5.32 Å². The van der Waals surface area contributed by atoms with Crippen molar-refractivity contribution in [1.82, 2.24) is 15.1 Å². The summed E-state index contributed by atoms with van der Waals surface area (Å²) in [6, 6.07) is 8.64. The Hall–Kier alpha value is -1.61. The van der Waals surface area contributed by atoms with Crippen LogP contribution in [0.3, 0.4) is 0 Å². The van der Waals surface area contributed by atoms with E-state index < -0.39 is 0 Å². The third-order valence-electron chi connectivity index (χ3n) is 3.04. The van der Waals surface area contributed by atoms with Gasteiger partial charge in [-0.1, -0.05) is 25.1 Å². The molecule has 2 aromatic rings. The van der Waals surface area contributed by atoms with Crippen LogP contribution in [0.5, 0.6) is 0 Å². The van der Waals surface area contributed by atoms with Crippen LogP contribution in [-0.2, 0) is 13.6 Å². The van der Waals surface area contributed by atoms with Gasteiger partial charge >= 0.3 is 0 Å². The molecule has 0 aliphatic carbocycles. The van der Waals surface area contributed by atoms with Crippen molar-refractivity contribution in [1.29, 1.82) is 0 Å². The van der Waals surface area contributed by atoms with E-state index in [0.29, 0.717) is 0 Å². The molecule has 0 amide bonds. The van der Waals surface area contributed by atoms with Crippen molar-refractivity contribution in [3.05, 3.63) is 41.6 Å². The predicted octanol–water partition coefficient (Wildman–Crippen LogP) is 2.90. The lowest BCUT2D eigenvalue weighted by Crippen LogP contribution is -2.13. The second-order valence-electron chi connectivity index (χ2n) is 4.70. The minimum absolute atomic E-state index is 0.942. The van der Waals surface area contributed by atoms with E-state index in [4.69, 9.17) is 0 Å². The molecule has 1 aromatic carbocycles. The summed E-state index contributed by atoms with van der Waals surface area (Å²) in [7, 11) is 1.95. The zero-order chi connectivity index (χ0) is 13.0. The lowest BCUT2D eigenvalue weighted by Gasteiger charge is -2.07. The van der Waals surface area contributed by atoms with Gasteiger partial charge < -0.3 is 5.32 Å². The summed E-state index contributed by atoms with van der Waals surface area (Å²) in [5.74, 6) is 0. The first kappa shape index (κ1) is 12.8. The molecule has 1 N–H and O–H groups in total. The van der Waals surface area contributed by atoms with E-state index in [9.17, 15) is 0 Å². The van der Waals surface area contributed by atoms with Crippen molar-refractivity contribution >= 4 is 0 Å². The molecule has 18 heavy (non-hydrogen) atoms. The number of hydrogen-bond donors (Lipinski definition) is 1. The smallest absolute Gasteiger partial charge is 0.0925 e. The maximum absolute atomic E-state index is 4.45. The van der Waals surface area contributed by atoms with Crippen LogP contribution in [0.2, 0.25) is 0 Å². The first-order chi connectivity index (χ1) is 8.70. The Morgan fingerprint density at radius 2 is 2.11 bits per heavy atom. The highest BCUT2D eigenvalue weighted by molar-refractivity contribution is 5.63. The second kappa shape index (κ2) is 5.83. The van der Waals surface area contributed by atoms with E-state index in [-0.39, 0.29) is 0 Å². The summed E-state index contributed by atoms with van der Waals surface area (Å²) in [6.07, 6.45) is 3.15. The van der Waals surface area contributed by atoms with E-state index in [2.05, 4.69) is 48.5 Å². The van der Waals surface area contributed by atoms with E-state index in [1.54, 1.807) is 0 Å². The van der Waals surface area contributed by atoms with Gasteiger partial charge in [0.2, 0.25) is 0 Å². The van der Waals surface area contributed by atoms with Gasteiger partial charge in [-0.25, -0.2) is 0 Å². The molecule has 1 heterocycles. The Morgan fingerprint density at radius 1 is 1.28 bits per heavy atom. The Kier molecular flexibility index (Phi) is 4.15. The number of aromatic nitrogens is 2. The van der Waals surface area contributed by atoms with Crippen LogP contribution in [0.4, 0.5) is 0 Å². The number of nitrogens with zero attached hydrogens (tertiary/aromatic N) is 2. The zero-order valence-electron chi connectivity index (χ0n) is 11.4. The number of nitrogens with one attached hydrogen (secondary N) is 1. The molecule has 0 fully saturated rings. The van der Waals surface area contributed by atoms with Gasteiger partial charge in [-0.15, -0.1) is 0 Å². The highest BCUT2D eigenvalue weighted by atomic mass is 15.2. The first-order valence-electron chi connectivity index (χ1n) is 6.51. The number of benzene rings is 1. The molecule has 2 rings (SSSR count). The van der Waals surface area contributed by atoms with Crippen LogP contribution in [-0.4, -0.2) is 16.3 Å². The van der Waals surface area contributed by atoms with Crippen LogP contribution >= 0.6 is 0 Å². The maximum atomic E-state index is 4.45. The molecule has 0 saturated heterocycles. The van der Waals surface area contributed by atoms with Crippen LogP contribution in [0.25, 0.3) is 11.3 Å². The Morgan fingerprint density at radius 3 is 2.72 bits per heavy atom. The van der Waals surface area contributed by atoms with Crippen LogP contribution in [0, 0.1) is 6.92 Å². The van der Waals surface area contributed by atoms with Crippen molar-refractivity contribution in [2.24, 2.45) is 7.05 Å². The highest BCUT2D eigenvalue weighted by Gasteiger charge is 2.05. The molecule has 0 atom stereocenters. The third-order valence-corrected chi connectivity index (χ3v) is 3.04. The average molecular weight is 243 g/mol.